The fourth-order valence-electron chi connectivity index (χ4n) is 1.69. The van der Waals surface area contributed by atoms with Gasteiger partial charge in [-0.2, -0.15) is 0 Å². The number of hydrogen-bond donors (Lipinski definition) is 2. The molecule has 1 atom stereocenters. The second kappa shape index (κ2) is 4.29. The van der Waals surface area contributed by atoms with Crippen LogP contribution in [0.15, 0.2) is 34.9 Å². The van der Waals surface area contributed by atoms with Crippen LogP contribution < -0.4 is 11.5 Å². The number of nitrogens with two attached hydrogens (primary N) is 2. The molecule has 0 saturated heterocycles. The molecule has 5 nitrogen and oxygen atoms in total. The van der Waals surface area contributed by atoms with Crippen molar-refractivity contribution in [3.8, 4) is 0 Å². The lowest BCUT2D eigenvalue weighted by molar-refractivity contribution is -0.118. The zero-order chi connectivity index (χ0) is 12.4. The van der Waals surface area contributed by atoms with E-state index in [4.69, 9.17) is 16.0 Å². The maximum Gasteiger partial charge on any atom is 0.231 e. The number of aryl methyl sites for hydroxylation is 1. The van der Waals surface area contributed by atoms with Crippen LogP contribution in [0.3, 0.4) is 0 Å². The minimum absolute atomic E-state index is 0.469. The summed E-state index contributed by atoms with van der Waals surface area (Å²) < 4.78 is 4.96. The van der Waals surface area contributed by atoms with E-state index in [0.717, 1.165) is 5.56 Å². The van der Waals surface area contributed by atoms with Gasteiger partial charge in [0.15, 0.2) is 0 Å². The largest absolute Gasteiger partial charge is 0.399 e. The molecular weight excluding hydrogens is 218 g/mol. The van der Waals surface area contributed by atoms with Crippen molar-refractivity contribution < 1.29 is 9.32 Å². The molecule has 1 aromatic carbocycles. The number of nitrogen functional groups attached to an aromatic ring is 1. The summed E-state index contributed by atoms with van der Waals surface area (Å²) in [6.07, 6.45) is 0. The molecule has 0 radical (unpaired) electrons. The van der Waals surface area contributed by atoms with Gasteiger partial charge in [0.2, 0.25) is 5.91 Å². The summed E-state index contributed by atoms with van der Waals surface area (Å²) in [5.74, 6) is -0.433. The predicted molar refractivity (Wildman–Crippen MR) is 63.1 cm³/mol. The van der Waals surface area contributed by atoms with Crippen molar-refractivity contribution in [3.63, 3.8) is 0 Å². The van der Waals surface area contributed by atoms with Gasteiger partial charge in [-0.15, -0.1) is 0 Å². The third kappa shape index (κ3) is 2.28. The third-order valence-electron chi connectivity index (χ3n) is 2.50. The van der Waals surface area contributed by atoms with Crippen molar-refractivity contribution in [3.05, 3.63) is 47.3 Å². The third-order valence-corrected chi connectivity index (χ3v) is 2.50. The van der Waals surface area contributed by atoms with Crippen molar-refractivity contribution >= 4 is 11.6 Å². The van der Waals surface area contributed by atoms with E-state index in [1.54, 1.807) is 37.3 Å². The molecule has 1 unspecified atom stereocenters. The lowest BCUT2D eigenvalue weighted by Crippen LogP contribution is -2.22. The average Bonchev–Trinajstić information content (AvgIpc) is 2.68. The quantitative estimate of drug-likeness (QED) is 0.775. The van der Waals surface area contributed by atoms with Crippen LogP contribution in [0.25, 0.3) is 0 Å². The molecule has 88 valence electrons. The number of rotatable bonds is 3. The Labute approximate surface area is 98.4 Å². The SMILES string of the molecule is Cc1cc(C(C(N)=O)c2ccc(N)cc2)no1. The van der Waals surface area contributed by atoms with Gasteiger partial charge < -0.3 is 16.0 Å². The van der Waals surface area contributed by atoms with E-state index < -0.39 is 11.8 Å². The molecule has 1 heterocycles. The molecule has 0 aliphatic rings. The first kappa shape index (κ1) is 11.2. The van der Waals surface area contributed by atoms with Crippen LogP contribution in [0.2, 0.25) is 0 Å². The number of carbonyl (C=O) groups excluding carboxylic acids is 1. The zero-order valence-electron chi connectivity index (χ0n) is 9.38. The van der Waals surface area contributed by atoms with Crippen molar-refractivity contribution in [1.29, 1.82) is 0 Å². The molecule has 0 saturated carbocycles. The Morgan fingerprint density at radius 1 is 1.35 bits per heavy atom. The summed E-state index contributed by atoms with van der Waals surface area (Å²) in [5.41, 5.74) is 12.9. The van der Waals surface area contributed by atoms with Gasteiger partial charge in [0, 0.05) is 11.8 Å². The van der Waals surface area contributed by atoms with E-state index in [0.29, 0.717) is 17.1 Å². The fourth-order valence-corrected chi connectivity index (χ4v) is 1.69. The molecular formula is C12H13N3O2. The number of benzene rings is 1. The van der Waals surface area contributed by atoms with Gasteiger partial charge in [0.25, 0.3) is 0 Å². The van der Waals surface area contributed by atoms with Gasteiger partial charge in [0.1, 0.15) is 17.4 Å². The van der Waals surface area contributed by atoms with Crippen molar-refractivity contribution in [2.24, 2.45) is 5.73 Å². The molecule has 0 aliphatic heterocycles. The normalized spacial score (nSPS) is 12.3. The van der Waals surface area contributed by atoms with Crippen LogP contribution in [0.1, 0.15) is 22.9 Å². The highest BCUT2D eigenvalue weighted by Gasteiger charge is 2.23. The van der Waals surface area contributed by atoms with E-state index in [1.165, 1.54) is 0 Å². The van der Waals surface area contributed by atoms with Gasteiger partial charge in [0.05, 0.1) is 0 Å². The van der Waals surface area contributed by atoms with E-state index in [1.807, 2.05) is 0 Å². The second-order valence-electron chi connectivity index (χ2n) is 3.86. The molecule has 17 heavy (non-hydrogen) atoms. The van der Waals surface area contributed by atoms with Gasteiger partial charge >= 0.3 is 0 Å². The highest BCUT2D eigenvalue weighted by Crippen LogP contribution is 2.24. The van der Waals surface area contributed by atoms with E-state index in [2.05, 4.69) is 5.16 Å². The molecule has 0 fully saturated rings. The zero-order valence-corrected chi connectivity index (χ0v) is 9.38. The molecule has 5 heteroatoms. The molecule has 0 spiro atoms. The van der Waals surface area contributed by atoms with Gasteiger partial charge in [-0.3, -0.25) is 4.79 Å². The highest BCUT2D eigenvalue weighted by molar-refractivity contribution is 5.85. The van der Waals surface area contributed by atoms with Crippen molar-refractivity contribution in [1.82, 2.24) is 5.16 Å². The van der Waals surface area contributed by atoms with Crippen LogP contribution in [-0.4, -0.2) is 11.1 Å². The number of aromatic nitrogens is 1. The van der Waals surface area contributed by atoms with Gasteiger partial charge in [-0.05, 0) is 24.6 Å². The summed E-state index contributed by atoms with van der Waals surface area (Å²) in [5, 5.41) is 3.83. The topological polar surface area (TPSA) is 95.1 Å². The molecule has 2 aromatic rings. The lowest BCUT2D eigenvalue weighted by Gasteiger charge is -2.10. The summed E-state index contributed by atoms with van der Waals surface area (Å²) in [4.78, 5) is 11.5. The first-order valence-corrected chi connectivity index (χ1v) is 5.16. The standard InChI is InChI=1S/C12H13N3O2/c1-7-6-10(15-17-7)11(12(14)16)8-2-4-9(13)5-3-8/h2-6,11H,13H2,1H3,(H2,14,16). The van der Waals surface area contributed by atoms with Crippen molar-refractivity contribution in [2.45, 2.75) is 12.8 Å². The summed E-state index contributed by atoms with van der Waals surface area (Å²) >= 11 is 0. The van der Waals surface area contributed by atoms with Gasteiger partial charge in [-0.1, -0.05) is 17.3 Å². The number of amides is 1. The maximum absolute atomic E-state index is 11.5. The van der Waals surface area contributed by atoms with Crippen LogP contribution >= 0.6 is 0 Å². The van der Waals surface area contributed by atoms with E-state index >= 15 is 0 Å². The first-order chi connectivity index (χ1) is 8.08. The molecule has 4 N–H and O–H groups in total. The number of carbonyl (C=O) groups is 1. The smallest absolute Gasteiger partial charge is 0.231 e. The Hall–Kier alpha value is -2.30. The summed E-state index contributed by atoms with van der Waals surface area (Å²) in [7, 11) is 0. The van der Waals surface area contributed by atoms with E-state index in [-0.39, 0.29) is 0 Å². The van der Waals surface area contributed by atoms with Crippen molar-refractivity contribution in [2.75, 3.05) is 5.73 Å². The minimum atomic E-state index is -0.604. The Morgan fingerprint density at radius 3 is 2.47 bits per heavy atom. The monoisotopic (exact) mass is 231 g/mol. The average molecular weight is 231 g/mol. The first-order valence-electron chi connectivity index (χ1n) is 5.16. The predicted octanol–water partition coefficient (Wildman–Crippen LogP) is 1.18. The minimum Gasteiger partial charge on any atom is -0.399 e. The van der Waals surface area contributed by atoms with Gasteiger partial charge in [-0.25, -0.2) is 0 Å². The molecule has 1 aromatic heterocycles. The molecule has 0 aliphatic carbocycles. The number of nitrogens with zero attached hydrogens (tertiary/aromatic N) is 1. The Kier molecular flexibility index (Phi) is 2.82. The van der Waals surface area contributed by atoms with Crippen LogP contribution in [0, 0.1) is 6.92 Å². The number of primary amides is 1. The van der Waals surface area contributed by atoms with Crippen LogP contribution in [0.5, 0.6) is 0 Å². The molecule has 1 amide bonds. The highest BCUT2D eigenvalue weighted by atomic mass is 16.5. The number of hydrogen-bond acceptors (Lipinski definition) is 4. The maximum atomic E-state index is 11.5. The van der Waals surface area contributed by atoms with Crippen LogP contribution in [0.4, 0.5) is 5.69 Å². The second-order valence-corrected chi connectivity index (χ2v) is 3.86. The van der Waals surface area contributed by atoms with E-state index in [9.17, 15) is 4.79 Å². The Morgan fingerprint density at radius 2 is 2.00 bits per heavy atom. The fraction of sp³-hybridized carbons (Fsp3) is 0.167. The molecule has 0 bridgehead atoms. The lowest BCUT2D eigenvalue weighted by atomic mass is 9.95. The summed E-state index contributed by atoms with van der Waals surface area (Å²) in [6.45, 7) is 1.76. The molecule has 2 rings (SSSR count). The van der Waals surface area contributed by atoms with Crippen LogP contribution in [-0.2, 0) is 4.79 Å². The Balaban J connectivity index is 2.42. The summed E-state index contributed by atoms with van der Waals surface area (Å²) in [6, 6.07) is 8.66. The number of anilines is 1. The Bertz CT molecular complexity index is 531.